The largest absolute Gasteiger partial charge is 0.479 e. The molecule has 2 rings (SSSR count). The van der Waals surface area contributed by atoms with Crippen LogP contribution in [0.25, 0.3) is 0 Å². The van der Waals surface area contributed by atoms with Crippen LogP contribution in [0.5, 0.6) is 5.75 Å². The fraction of sp³-hybridized carbons (Fsp3) is 0.200. The fourth-order valence-electron chi connectivity index (χ4n) is 1.76. The maximum Gasteiger partial charge on any atom is 0.174 e. The Hall–Kier alpha value is -2.61. The van der Waals surface area contributed by atoms with E-state index in [0.29, 0.717) is 5.75 Å². The first-order chi connectivity index (χ1) is 9.69. The fourth-order valence-corrected chi connectivity index (χ4v) is 1.76. The van der Waals surface area contributed by atoms with Gasteiger partial charge in [-0.3, -0.25) is 4.98 Å². The first-order valence-corrected chi connectivity index (χ1v) is 6.17. The molecule has 0 spiro atoms. The van der Waals surface area contributed by atoms with Crippen LogP contribution in [0.4, 0.5) is 10.1 Å². The van der Waals surface area contributed by atoms with E-state index in [-0.39, 0.29) is 18.5 Å². The van der Waals surface area contributed by atoms with Crippen molar-refractivity contribution >= 4 is 5.69 Å². The van der Waals surface area contributed by atoms with Crippen LogP contribution in [0.15, 0.2) is 42.6 Å². The average Bonchev–Trinajstić information content (AvgIpc) is 2.46. The van der Waals surface area contributed by atoms with Crippen LogP contribution in [0.2, 0.25) is 0 Å². The van der Waals surface area contributed by atoms with Crippen LogP contribution in [0.3, 0.4) is 0 Å². The SMILES string of the molecule is CC(Nc1cccc(OCC#N)c1)c1ccc(F)cn1. The van der Waals surface area contributed by atoms with Gasteiger partial charge in [0.2, 0.25) is 0 Å². The molecule has 1 aromatic heterocycles. The normalized spacial score (nSPS) is 11.4. The van der Waals surface area contributed by atoms with Gasteiger partial charge in [0.1, 0.15) is 17.6 Å². The van der Waals surface area contributed by atoms with Gasteiger partial charge in [0.25, 0.3) is 0 Å². The third kappa shape index (κ3) is 3.69. The van der Waals surface area contributed by atoms with E-state index >= 15 is 0 Å². The van der Waals surface area contributed by atoms with Gasteiger partial charge in [0.05, 0.1) is 17.9 Å². The molecule has 0 aliphatic carbocycles. The molecule has 0 fully saturated rings. The lowest BCUT2D eigenvalue weighted by atomic mass is 10.2. The third-order valence-electron chi connectivity index (χ3n) is 2.71. The van der Waals surface area contributed by atoms with Crippen molar-refractivity contribution in [1.29, 1.82) is 5.26 Å². The number of halogens is 1. The van der Waals surface area contributed by atoms with Gasteiger partial charge in [-0.1, -0.05) is 6.07 Å². The number of hydrogen-bond donors (Lipinski definition) is 1. The summed E-state index contributed by atoms with van der Waals surface area (Å²) in [6.45, 7) is 1.95. The summed E-state index contributed by atoms with van der Waals surface area (Å²) in [5.74, 6) is 0.267. The number of ether oxygens (including phenoxy) is 1. The monoisotopic (exact) mass is 271 g/mol. The van der Waals surface area contributed by atoms with E-state index < -0.39 is 0 Å². The molecule has 0 saturated heterocycles. The molecular weight excluding hydrogens is 257 g/mol. The second-order valence-corrected chi connectivity index (χ2v) is 4.24. The Labute approximate surface area is 116 Å². The second kappa shape index (κ2) is 6.53. The predicted molar refractivity (Wildman–Crippen MR) is 73.8 cm³/mol. The molecule has 0 bridgehead atoms. The molecule has 0 aliphatic heterocycles. The van der Waals surface area contributed by atoms with Crippen molar-refractivity contribution in [2.24, 2.45) is 0 Å². The minimum atomic E-state index is -0.354. The summed E-state index contributed by atoms with van der Waals surface area (Å²) in [6.07, 6.45) is 1.19. The van der Waals surface area contributed by atoms with Crippen molar-refractivity contribution < 1.29 is 9.13 Å². The summed E-state index contributed by atoms with van der Waals surface area (Å²) in [5, 5.41) is 11.7. The number of benzene rings is 1. The van der Waals surface area contributed by atoms with Crippen LogP contribution in [0, 0.1) is 17.1 Å². The molecule has 102 valence electrons. The molecule has 1 unspecified atom stereocenters. The van der Waals surface area contributed by atoms with E-state index in [2.05, 4.69) is 10.3 Å². The summed E-state index contributed by atoms with van der Waals surface area (Å²) >= 11 is 0. The summed E-state index contributed by atoms with van der Waals surface area (Å²) < 4.78 is 18.1. The number of aromatic nitrogens is 1. The highest BCUT2D eigenvalue weighted by atomic mass is 19.1. The molecule has 0 radical (unpaired) electrons. The molecule has 1 atom stereocenters. The highest BCUT2D eigenvalue weighted by Gasteiger charge is 2.07. The van der Waals surface area contributed by atoms with Gasteiger partial charge in [-0.2, -0.15) is 5.26 Å². The van der Waals surface area contributed by atoms with Crippen molar-refractivity contribution in [2.75, 3.05) is 11.9 Å². The molecule has 5 heteroatoms. The molecule has 0 saturated carbocycles. The molecule has 0 amide bonds. The van der Waals surface area contributed by atoms with Crippen LogP contribution in [0.1, 0.15) is 18.7 Å². The molecule has 20 heavy (non-hydrogen) atoms. The van der Waals surface area contributed by atoms with Crippen molar-refractivity contribution in [1.82, 2.24) is 4.98 Å². The predicted octanol–water partition coefficient (Wildman–Crippen LogP) is 3.30. The number of hydrogen-bond acceptors (Lipinski definition) is 4. The number of anilines is 1. The maximum atomic E-state index is 12.8. The van der Waals surface area contributed by atoms with Crippen LogP contribution >= 0.6 is 0 Å². The highest BCUT2D eigenvalue weighted by Crippen LogP contribution is 2.22. The third-order valence-corrected chi connectivity index (χ3v) is 2.71. The first-order valence-electron chi connectivity index (χ1n) is 6.17. The van der Waals surface area contributed by atoms with Crippen LogP contribution in [-0.2, 0) is 0 Å². The standard InChI is InChI=1S/C15H14FN3O/c1-11(15-6-5-12(16)10-18-15)19-13-3-2-4-14(9-13)20-8-7-17/h2-6,9-11,19H,8H2,1H3. The zero-order valence-corrected chi connectivity index (χ0v) is 11.0. The minimum Gasteiger partial charge on any atom is -0.479 e. The molecule has 4 nitrogen and oxygen atoms in total. The number of rotatable bonds is 5. The lowest BCUT2D eigenvalue weighted by Gasteiger charge is -2.15. The van der Waals surface area contributed by atoms with Gasteiger partial charge in [-0.25, -0.2) is 4.39 Å². The van der Waals surface area contributed by atoms with Crippen molar-refractivity contribution in [3.05, 3.63) is 54.1 Å². The van der Waals surface area contributed by atoms with Crippen LogP contribution in [-0.4, -0.2) is 11.6 Å². The number of nitriles is 1. The van der Waals surface area contributed by atoms with Crippen molar-refractivity contribution in [2.45, 2.75) is 13.0 Å². The number of pyridine rings is 1. The molecule has 2 aromatic rings. The van der Waals surface area contributed by atoms with E-state index in [4.69, 9.17) is 10.00 Å². The van der Waals surface area contributed by atoms with Crippen molar-refractivity contribution in [3.8, 4) is 11.8 Å². The highest BCUT2D eigenvalue weighted by molar-refractivity contribution is 5.49. The molecule has 0 aliphatic rings. The van der Waals surface area contributed by atoms with E-state index in [1.807, 2.05) is 25.1 Å². The maximum absolute atomic E-state index is 12.8. The van der Waals surface area contributed by atoms with E-state index in [1.165, 1.54) is 12.3 Å². The lowest BCUT2D eigenvalue weighted by Crippen LogP contribution is -2.08. The Morgan fingerprint density at radius 2 is 2.25 bits per heavy atom. The summed E-state index contributed by atoms with van der Waals surface area (Å²) in [5.41, 5.74) is 1.59. The summed E-state index contributed by atoms with van der Waals surface area (Å²) in [4.78, 5) is 4.03. The van der Waals surface area contributed by atoms with E-state index in [0.717, 1.165) is 11.4 Å². The molecular formula is C15H14FN3O. The van der Waals surface area contributed by atoms with Crippen LogP contribution < -0.4 is 10.1 Å². The minimum absolute atomic E-state index is 0.0124. The topological polar surface area (TPSA) is 57.9 Å². The molecule has 1 aromatic carbocycles. The molecule has 1 N–H and O–H groups in total. The van der Waals surface area contributed by atoms with Crippen molar-refractivity contribution in [3.63, 3.8) is 0 Å². The summed E-state index contributed by atoms with van der Waals surface area (Å²) in [6, 6.07) is 12.2. The van der Waals surface area contributed by atoms with Gasteiger partial charge in [-0.05, 0) is 31.2 Å². The van der Waals surface area contributed by atoms with Gasteiger partial charge in [0, 0.05) is 11.8 Å². The lowest BCUT2D eigenvalue weighted by molar-refractivity contribution is 0.368. The Kier molecular flexibility index (Phi) is 4.51. The quantitative estimate of drug-likeness (QED) is 0.906. The molecule has 1 heterocycles. The Morgan fingerprint density at radius 1 is 1.40 bits per heavy atom. The van der Waals surface area contributed by atoms with E-state index in [1.54, 1.807) is 18.2 Å². The van der Waals surface area contributed by atoms with Gasteiger partial charge in [-0.15, -0.1) is 0 Å². The van der Waals surface area contributed by atoms with Gasteiger partial charge >= 0.3 is 0 Å². The number of nitrogens with zero attached hydrogens (tertiary/aromatic N) is 2. The number of nitrogens with one attached hydrogen (secondary N) is 1. The zero-order chi connectivity index (χ0) is 14.4. The summed E-state index contributed by atoms with van der Waals surface area (Å²) in [7, 11) is 0. The smallest absolute Gasteiger partial charge is 0.174 e. The Balaban J connectivity index is 2.05. The first kappa shape index (κ1) is 13.8. The second-order valence-electron chi connectivity index (χ2n) is 4.24. The van der Waals surface area contributed by atoms with Gasteiger partial charge < -0.3 is 10.1 Å². The Bertz CT molecular complexity index is 607. The Morgan fingerprint density at radius 3 is 2.95 bits per heavy atom. The van der Waals surface area contributed by atoms with E-state index in [9.17, 15) is 4.39 Å². The zero-order valence-electron chi connectivity index (χ0n) is 11.0. The average molecular weight is 271 g/mol. The van der Waals surface area contributed by atoms with Gasteiger partial charge in [0.15, 0.2) is 6.61 Å².